The SMILES string of the molecule is N#CCCCOc1cccc(NC2CC3CC=CC32)c1. The van der Waals surface area contributed by atoms with Crippen molar-refractivity contribution in [2.75, 3.05) is 11.9 Å². The topological polar surface area (TPSA) is 45.0 Å². The van der Waals surface area contributed by atoms with Crippen LogP contribution >= 0.6 is 0 Å². The van der Waals surface area contributed by atoms with E-state index >= 15 is 0 Å². The Balaban J connectivity index is 1.52. The third kappa shape index (κ3) is 2.80. The summed E-state index contributed by atoms with van der Waals surface area (Å²) in [6, 6.07) is 10.8. The predicted molar refractivity (Wildman–Crippen MR) is 79.5 cm³/mol. The highest BCUT2D eigenvalue weighted by Gasteiger charge is 2.40. The van der Waals surface area contributed by atoms with Gasteiger partial charge in [-0.1, -0.05) is 18.2 Å². The maximum absolute atomic E-state index is 8.49. The third-order valence-electron chi connectivity index (χ3n) is 4.25. The van der Waals surface area contributed by atoms with Crippen LogP contribution in [0.3, 0.4) is 0 Å². The molecule has 0 saturated heterocycles. The van der Waals surface area contributed by atoms with E-state index < -0.39 is 0 Å². The lowest BCUT2D eigenvalue weighted by Crippen LogP contribution is -2.43. The van der Waals surface area contributed by atoms with Crippen molar-refractivity contribution in [2.24, 2.45) is 11.8 Å². The quantitative estimate of drug-likeness (QED) is 0.631. The highest BCUT2D eigenvalue weighted by molar-refractivity contribution is 5.49. The normalized spacial score (nSPS) is 26.4. The Morgan fingerprint density at radius 3 is 3.20 bits per heavy atom. The fraction of sp³-hybridized carbons (Fsp3) is 0.471. The zero-order valence-electron chi connectivity index (χ0n) is 11.6. The summed E-state index contributed by atoms with van der Waals surface area (Å²) in [5, 5.41) is 12.1. The van der Waals surface area contributed by atoms with Gasteiger partial charge in [0.1, 0.15) is 5.75 Å². The molecule has 0 aliphatic heterocycles. The Labute approximate surface area is 120 Å². The lowest BCUT2D eigenvalue weighted by Gasteiger charge is -2.41. The monoisotopic (exact) mass is 268 g/mol. The first-order valence-electron chi connectivity index (χ1n) is 7.40. The first-order chi connectivity index (χ1) is 9.86. The van der Waals surface area contributed by atoms with Gasteiger partial charge in [-0.15, -0.1) is 0 Å². The van der Waals surface area contributed by atoms with Gasteiger partial charge in [-0.3, -0.25) is 0 Å². The van der Waals surface area contributed by atoms with Gasteiger partial charge in [0.05, 0.1) is 12.7 Å². The molecule has 0 radical (unpaired) electrons. The van der Waals surface area contributed by atoms with E-state index in [1.807, 2.05) is 12.1 Å². The lowest BCUT2D eigenvalue weighted by molar-refractivity contribution is 0.218. The third-order valence-corrected chi connectivity index (χ3v) is 4.25. The zero-order chi connectivity index (χ0) is 13.8. The first kappa shape index (κ1) is 13.1. The van der Waals surface area contributed by atoms with Gasteiger partial charge in [0, 0.05) is 30.1 Å². The van der Waals surface area contributed by atoms with Crippen LogP contribution in [-0.4, -0.2) is 12.6 Å². The molecule has 1 aromatic rings. The molecule has 3 nitrogen and oxygen atoms in total. The molecule has 20 heavy (non-hydrogen) atoms. The predicted octanol–water partition coefficient (Wildman–Crippen LogP) is 3.75. The Kier molecular flexibility index (Phi) is 3.92. The number of rotatable bonds is 6. The van der Waals surface area contributed by atoms with Gasteiger partial charge >= 0.3 is 0 Å². The van der Waals surface area contributed by atoms with E-state index in [1.54, 1.807) is 0 Å². The molecule has 1 N–H and O–H groups in total. The molecule has 1 fully saturated rings. The number of unbranched alkanes of at least 4 members (excludes halogenated alkanes) is 1. The standard InChI is InChI=1S/C17H20N2O/c18-9-1-2-10-20-15-7-4-6-14(12-15)19-17-11-13-5-3-8-16(13)17/h3-4,6-8,12-13,16-17,19H,1-2,5,10-11H2. The highest BCUT2D eigenvalue weighted by atomic mass is 16.5. The fourth-order valence-corrected chi connectivity index (χ4v) is 3.11. The number of hydrogen-bond acceptors (Lipinski definition) is 3. The Bertz CT molecular complexity index is 532. The number of fused-ring (bicyclic) bond motifs is 1. The van der Waals surface area contributed by atoms with E-state index in [0.717, 1.165) is 29.7 Å². The summed E-state index contributed by atoms with van der Waals surface area (Å²) in [6.45, 7) is 0.605. The van der Waals surface area contributed by atoms with E-state index in [-0.39, 0.29) is 0 Å². The van der Waals surface area contributed by atoms with Crippen molar-refractivity contribution >= 4 is 5.69 Å². The summed E-state index contributed by atoms with van der Waals surface area (Å²) in [4.78, 5) is 0. The van der Waals surface area contributed by atoms with Crippen molar-refractivity contribution in [3.05, 3.63) is 36.4 Å². The lowest BCUT2D eigenvalue weighted by atomic mass is 9.71. The smallest absolute Gasteiger partial charge is 0.121 e. The number of nitriles is 1. The largest absolute Gasteiger partial charge is 0.493 e. The van der Waals surface area contributed by atoms with Gasteiger partial charge in [0.25, 0.3) is 0 Å². The van der Waals surface area contributed by atoms with Crippen molar-refractivity contribution in [1.29, 1.82) is 5.26 Å². The summed E-state index contributed by atoms with van der Waals surface area (Å²) in [6.07, 6.45) is 8.52. The molecule has 0 heterocycles. The average Bonchev–Trinajstić information content (AvgIpc) is 2.83. The number of hydrogen-bond donors (Lipinski definition) is 1. The van der Waals surface area contributed by atoms with Crippen LogP contribution in [0.2, 0.25) is 0 Å². The molecule has 3 atom stereocenters. The molecule has 0 aromatic heterocycles. The summed E-state index contributed by atoms with van der Waals surface area (Å²) >= 11 is 0. The molecule has 1 saturated carbocycles. The summed E-state index contributed by atoms with van der Waals surface area (Å²) in [7, 11) is 0. The highest BCUT2D eigenvalue weighted by Crippen LogP contribution is 2.44. The Hall–Kier alpha value is -1.95. The van der Waals surface area contributed by atoms with Crippen LogP contribution in [0.25, 0.3) is 0 Å². The Morgan fingerprint density at radius 1 is 1.40 bits per heavy atom. The Morgan fingerprint density at radius 2 is 2.35 bits per heavy atom. The van der Waals surface area contributed by atoms with E-state index in [0.29, 0.717) is 19.1 Å². The van der Waals surface area contributed by atoms with Crippen LogP contribution in [0.5, 0.6) is 5.75 Å². The van der Waals surface area contributed by atoms with Gasteiger partial charge in [-0.2, -0.15) is 5.26 Å². The van der Waals surface area contributed by atoms with Crippen molar-refractivity contribution in [3.63, 3.8) is 0 Å². The number of ether oxygens (including phenoxy) is 1. The van der Waals surface area contributed by atoms with Crippen molar-refractivity contribution in [1.82, 2.24) is 0 Å². The van der Waals surface area contributed by atoms with Gasteiger partial charge in [-0.05, 0) is 37.3 Å². The van der Waals surface area contributed by atoms with Crippen LogP contribution in [0, 0.1) is 23.2 Å². The maximum atomic E-state index is 8.49. The molecular weight excluding hydrogens is 248 g/mol. The second-order valence-corrected chi connectivity index (χ2v) is 5.63. The zero-order valence-corrected chi connectivity index (χ0v) is 11.6. The summed E-state index contributed by atoms with van der Waals surface area (Å²) < 4.78 is 5.66. The van der Waals surface area contributed by atoms with E-state index in [1.165, 1.54) is 12.8 Å². The number of anilines is 1. The van der Waals surface area contributed by atoms with E-state index in [2.05, 4.69) is 35.7 Å². The minimum absolute atomic E-state index is 0.551. The number of benzene rings is 1. The molecule has 0 bridgehead atoms. The van der Waals surface area contributed by atoms with Crippen LogP contribution in [-0.2, 0) is 0 Å². The molecule has 1 aromatic carbocycles. The second kappa shape index (κ2) is 6.00. The maximum Gasteiger partial charge on any atom is 0.121 e. The summed E-state index contributed by atoms with van der Waals surface area (Å²) in [5.74, 6) is 2.47. The molecule has 3 unspecified atom stereocenters. The second-order valence-electron chi connectivity index (χ2n) is 5.63. The molecule has 2 aliphatic rings. The molecule has 104 valence electrons. The van der Waals surface area contributed by atoms with Crippen LogP contribution in [0.4, 0.5) is 5.69 Å². The minimum Gasteiger partial charge on any atom is -0.493 e. The van der Waals surface area contributed by atoms with Crippen molar-refractivity contribution < 1.29 is 4.74 Å². The van der Waals surface area contributed by atoms with E-state index in [4.69, 9.17) is 10.00 Å². The fourth-order valence-electron chi connectivity index (χ4n) is 3.11. The molecule has 3 rings (SSSR count). The van der Waals surface area contributed by atoms with Crippen LogP contribution < -0.4 is 10.1 Å². The number of allylic oxidation sites excluding steroid dienone is 1. The van der Waals surface area contributed by atoms with Crippen LogP contribution in [0.15, 0.2) is 36.4 Å². The minimum atomic E-state index is 0.551. The van der Waals surface area contributed by atoms with Gasteiger partial charge < -0.3 is 10.1 Å². The van der Waals surface area contributed by atoms with Crippen molar-refractivity contribution in [3.8, 4) is 11.8 Å². The molecule has 0 spiro atoms. The average molecular weight is 268 g/mol. The molecule has 3 heteroatoms. The first-order valence-corrected chi connectivity index (χ1v) is 7.40. The van der Waals surface area contributed by atoms with Gasteiger partial charge in [0.15, 0.2) is 0 Å². The molecule has 0 amide bonds. The summed E-state index contributed by atoms with van der Waals surface area (Å²) in [5.41, 5.74) is 1.13. The van der Waals surface area contributed by atoms with Crippen molar-refractivity contribution in [2.45, 2.75) is 31.7 Å². The van der Waals surface area contributed by atoms with Gasteiger partial charge in [0.2, 0.25) is 0 Å². The van der Waals surface area contributed by atoms with E-state index in [9.17, 15) is 0 Å². The van der Waals surface area contributed by atoms with Gasteiger partial charge in [-0.25, -0.2) is 0 Å². The number of nitrogens with zero attached hydrogens (tertiary/aromatic N) is 1. The number of nitrogens with one attached hydrogen (secondary N) is 1. The molecule has 2 aliphatic carbocycles. The molecular formula is C17H20N2O. The van der Waals surface area contributed by atoms with Crippen LogP contribution in [0.1, 0.15) is 25.7 Å².